The number of hydrogen-bond donors (Lipinski definition) is 2. The predicted molar refractivity (Wildman–Crippen MR) is 65.1 cm³/mol. The van der Waals surface area contributed by atoms with Crippen LogP contribution < -0.4 is 5.73 Å². The molecule has 3 N–H and O–H groups in total. The second-order valence-corrected chi connectivity index (χ2v) is 4.49. The Kier molecular flexibility index (Phi) is 4.96. The van der Waals surface area contributed by atoms with Crippen molar-refractivity contribution in [3.05, 3.63) is 23.5 Å². The molecule has 0 saturated heterocycles. The highest BCUT2D eigenvalue weighted by Crippen LogP contribution is 2.28. The number of carboxylic acid groups (broad SMARTS) is 1. The summed E-state index contributed by atoms with van der Waals surface area (Å²) >= 11 is 1.17. The maximum atomic E-state index is 13.4. The number of hydrogen-bond acceptors (Lipinski definition) is 5. The zero-order valence-corrected chi connectivity index (χ0v) is 10.4. The third kappa shape index (κ3) is 3.63. The molecular weight excluding hydrogens is 261 g/mol. The van der Waals surface area contributed by atoms with Gasteiger partial charge in [0, 0.05) is 16.3 Å². The first-order valence-corrected chi connectivity index (χ1v) is 5.96. The van der Waals surface area contributed by atoms with Crippen molar-refractivity contribution in [3.8, 4) is 0 Å². The van der Waals surface area contributed by atoms with Gasteiger partial charge in [0.1, 0.15) is 5.82 Å². The number of thioether (sulfide) groups is 1. The second-order valence-electron chi connectivity index (χ2n) is 3.35. The van der Waals surface area contributed by atoms with E-state index in [0.29, 0.717) is 10.6 Å². The van der Waals surface area contributed by atoms with Crippen molar-refractivity contribution in [2.45, 2.75) is 11.3 Å². The average Bonchev–Trinajstić information content (AvgIpc) is 2.32. The fraction of sp³-hybridized carbons (Fsp3) is 0.273. The van der Waals surface area contributed by atoms with E-state index in [2.05, 4.69) is 4.74 Å². The summed E-state index contributed by atoms with van der Waals surface area (Å²) in [5.74, 6) is -2.21. The van der Waals surface area contributed by atoms with Gasteiger partial charge in [-0.2, -0.15) is 0 Å². The molecule has 1 rings (SSSR count). The largest absolute Gasteiger partial charge is 0.478 e. The van der Waals surface area contributed by atoms with Gasteiger partial charge in [-0.3, -0.25) is 4.79 Å². The van der Waals surface area contributed by atoms with Crippen LogP contribution in [0.2, 0.25) is 0 Å². The predicted octanol–water partition coefficient (Wildman–Crippen LogP) is 1.76. The van der Waals surface area contributed by atoms with Crippen LogP contribution in [0.15, 0.2) is 17.0 Å². The van der Waals surface area contributed by atoms with Crippen LogP contribution in [0.3, 0.4) is 0 Å². The van der Waals surface area contributed by atoms with E-state index in [4.69, 9.17) is 10.8 Å². The van der Waals surface area contributed by atoms with Crippen molar-refractivity contribution in [2.24, 2.45) is 0 Å². The molecule has 0 unspecified atom stereocenters. The Bertz CT molecular complexity index is 478. The minimum atomic E-state index is -1.37. The van der Waals surface area contributed by atoms with E-state index in [0.717, 1.165) is 12.1 Å². The number of benzene rings is 1. The third-order valence-corrected chi connectivity index (χ3v) is 3.19. The zero-order chi connectivity index (χ0) is 13.7. The van der Waals surface area contributed by atoms with Crippen molar-refractivity contribution >= 4 is 29.4 Å². The summed E-state index contributed by atoms with van der Waals surface area (Å²) in [4.78, 5) is 21.9. The number of halogens is 1. The van der Waals surface area contributed by atoms with Crippen molar-refractivity contribution in [3.63, 3.8) is 0 Å². The highest BCUT2D eigenvalue weighted by atomic mass is 32.2. The molecule has 0 bridgehead atoms. The summed E-state index contributed by atoms with van der Waals surface area (Å²) in [6.45, 7) is 0. The minimum Gasteiger partial charge on any atom is -0.478 e. The van der Waals surface area contributed by atoms with Gasteiger partial charge in [0.25, 0.3) is 0 Å². The number of nitrogens with two attached hydrogens (primary N) is 1. The van der Waals surface area contributed by atoms with Crippen LogP contribution in [0, 0.1) is 5.82 Å². The monoisotopic (exact) mass is 273 g/mol. The molecule has 7 heteroatoms. The SMILES string of the molecule is COC(=O)CCSc1cc(F)c(C(=O)O)cc1N. The Labute approximate surface area is 107 Å². The Morgan fingerprint density at radius 2 is 2.17 bits per heavy atom. The molecule has 1 aromatic rings. The molecule has 0 spiro atoms. The lowest BCUT2D eigenvalue weighted by molar-refractivity contribution is -0.140. The average molecular weight is 273 g/mol. The molecule has 0 saturated carbocycles. The van der Waals surface area contributed by atoms with E-state index in [1.807, 2.05) is 0 Å². The highest BCUT2D eigenvalue weighted by Gasteiger charge is 2.14. The van der Waals surface area contributed by atoms with Crippen LogP contribution in [0.4, 0.5) is 10.1 Å². The van der Waals surface area contributed by atoms with Crippen LogP contribution in [0.5, 0.6) is 0 Å². The number of anilines is 1. The number of rotatable bonds is 5. The van der Waals surface area contributed by atoms with Gasteiger partial charge in [0.15, 0.2) is 0 Å². The fourth-order valence-corrected chi connectivity index (χ4v) is 2.11. The summed E-state index contributed by atoms with van der Waals surface area (Å²) < 4.78 is 17.8. The molecule has 0 radical (unpaired) electrons. The normalized spacial score (nSPS) is 10.1. The number of methoxy groups -OCH3 is 1. The van der Waals surface area contributed by atoms with Gasteiger partial charge >= 0.3 is 11.9 Å². The van der Waals surface area contributed by atoms with Crippen LogP contribution in [-0.4, -0.2) is 29.9 Å². The number of nitrogen functional groups attached to an aromatic ring is 1. The number of aromatic carboxylic acids is 1. The summed E-state index contributed by atoms with van der Waals surface area (Å²) in [7, 11) is 1.28. The van der Waals surface area contributed by atoms with E-state index in [9.17, 15) is 14.0 Å². The lowest BCUT2D eigenvalue weighted by atomic mass is 10.2. The van der Waals surface area contributed by atoms with Gasteiger partial charge < -0.3 is 15.6 Å². The van der Waals surface area contributed by atoms with Crippen LogP contribution in [0.25, 0.3) is 0 Å². The second kappa shape index (κ2) is 6.25. The number of ether oxygens (including phenoxy) is 1. The Hall–Kier alpha value is -1.76. The zero-order valence-electron chi connectivity index (χ0n) is 9.60. The topological polar surface area (TPSA) is 89.6 Å². The molecule has 1 aromatic carbocycles. The van der Waals surface area contributed by atoms with Crippen LogP contribution in [-0.2, 0) is 9.53 Å². The molecule has 0 atom stereocenters. The number of carbonyl (C=O) groups excluding carboxylic acids is 1. The molecule has 0 aliphatic carbocycles. The smallest absolute Gasteiger partial charge is 0.338 e. The summed E-state index contributed by atoms with van der Waals surface area (Å²) in [5, 5.41) is 8.70. The molecular formula is C11H12FNO4S. The Morgan fingerprint density at radius 1 is 1.50 bits per heavy atom. The first-order chi connectivity index (χ1) is 8.45. The van der Waals surface area contributed by atoms with E-state index in [-0.39, 0.29) is 18.1 Å². The lowest BCUT2D eigenvalue weighted by Crippen LogP contribution is -2.04. The first kappa shape index (κ1) is 14.3. The van der Waals surface area contributed by atoms with Crippen LogP contribution in [0.1, 0.15) is 16.8 Å². The highest BCUT2D eigenvalue weighted by molar-refractivity contribution is 7.99. The van der Waals surface area contributed by atoms with Gasteiger partial charge in [0.05, 0.1) is 19.1 Å². The first-order valence-electron chi connectivity index (χ1n) is 4.97. The number of carboxylic acids is 1. The Balaban J connectivity index is 2.76. The van der Waals surface area contributed by atoms with Crippen LogP contribution >= 0.6 is 11.8 Å². The standard InChI is InChI=1S/C11H12FNO4S/c1-17-10(14)2-3-18-9-5-7(12)6(11(15)16)4-8(9)13/h4-5H,2-3,13H2,1H3,(H,15,16). The number of carbonyl (C=O) groups is 2. The van der Waals surface area contributed by atoms with E-state index < -0.39 is 17.3 Å². The van der Waals surface area contributed by atoms with Crippen molar-refractivity contribution in [2.75, 3.05) is 18.6 Å². The molecule has 0 aromatic heterocycles. The quantitative estimate of drug-likeness (QED) is 0.482. The van der Waals surface area contributed by atoms with Gasteiger partial charge in [-0.25, -0.2) is 9.18 Å². The maximum Gasteiger partial charge on any atom is 0.338 e. The third-order valence-electron chi connectivity index (χ3n) is 2.12. The molecule has 98 valence electrons. The molecule has 0 amide bonds. The number of esters is 1. The molecule has 18 heavy (non-hydrogen) atoms. The van der Waals surface area contributed by atoms with Gasteiger partial charge in [-0.15, -0.1) is 11.8 Å². The van der Waals surface area contributed by atoms with Crippen molar-refractivity contribution in [1.29, 1.82) is 0 Å². The molecule has 5 nitrogen and oxygen atoms in total. The van der Waals surface area contributed by atoms with Gasteiger partial charge in [-0.1, -0.05) is 0 Å². The van der Waals surface area contributed by atoms with E-state index in [1.54, 1.807) is 0 Å². The van der Waals surface area contributed by atoms with Gasteiger partial charge in [-0.05, 0) is 12.1 Å². The maximum absolute atomic E-state index is 13.4. The summed E-state index contributed by atoms with van der Waals surface area (Å²) in [6.07, 6.45) is 0.170. The lowest BCUT2D eigenvalue weighted by Gasteiger charge is -2.07. The van der Waals surface area contributed by atoms with E-state index >= 15 is 0 Å². The Morgan fingerprint density at radius 3 is 2.72 bits per heavy atom. The van der Waals surface area contributed by atoms with E-state index in [1.165, 1.54) is 18.9 Å². The molecule has 0 aliphatic heterocycles. The molecule has 0 heterocycles. The summed E-state index contributed by atoms with van der Waals surface area (Å²) in [6, 6.07) is 2.12. The summed E-state index contributed by atoms with van der Waals surface area (Å²) in [5.41, 5.74) is 5.31. The van der Waals surface area contributed by atoms with Gasteiger partial charge in [0.2, 0.25) is 0 Å². The van der Waals surface area contributed by atoms with Crippen molar-refractivity contribution in [1.82, 2.24) is 0 Å². The fourth-order valence-electron chi connectivity index (χ4n) is 1.21. The molecule has 0 aliphatic rings. The molecule has 0 fully saturated rings. The minimum absolute atomic E-state index is 0.170. The van der Waals surface area contributed by atoms with Crippen molar-refractivity contribution < 1.29 is 23.8 Å².